The summed E-state index contributed by atoms with van der Waals surface area (Å²) in [5.74, 6) is 0.717. The number of fused-ring (bicyclic) bond motifs is 5. The number of hydrogen-bond acceptors (Lipinski definition) is 2. The number of aliphatic hydroxyl groups is 1. The van der Waals surface area contributed by atoms with E-state index in [1.165, 1.54) is 6.07 Å². The van der Waals surface area contributed by atoms with Gasteiger partial charge in [-0.05, 0) is 83.6 Å². The zero-order valence-corrected chi connectivity index (χ0v) is 16.1. The van der Waals surface area contributed by atoms with Gasteiger partial charge in [0, 0.05) is 5.41 Å². The largest absolute Gasteiger partial charge is 0.505 e. The normalized spacial score (nSPS) is 41.1. The summed E-state index contributed by atoms with van der Waals surface area (Å²) >= 11 is 2.20. The maximum atomic E-state index is 14.3. The Hall–Kier alpha value is -0.620. The minimum Gasteiger partial charge on any atom is -0.505 e. The number of halogens is 2. The van der Waals surface area contributed by atoms with Gasteiger partial charge >= 0.3 is 0 Å². The standard InChI is InChI=1S/C20H24FIO2/c1-19-8-6-13-12-4-5-17(23)18(21)15(12)3-2-14(13)16(19)7-9-20(19,24)10-11-22/h4-5,10-11,13-14,16,23-24H,2-3,6-9H2,1H3/b11-10+/t13-,14-,16+,19+,20+/m1/s1. The molecule has 0 amide bonds. The molecule has 2 saturated carbocycles. The molecule has 2 N–H and O–H groups in total. The Morgan fingerprint density at radius 1 is 1.25 bits per heavy atom. The Bertz CT molecular complexity index is 703. The maximum absolute atomic E-state index is 14.3. The highest BCUT2D eigenvalue weighted by Crippen LogP contribution is 2.64. The number of phenols is 1. The third-order valence-corrected chi connectivity index (χ3v) is 7.74. The van der Waals surface area contributed by atoms with Crippen LogP contribution in [-0.2, 0) is 6.42 Å². The van der Waals surface area contributed by atoms with Gasteiger partial charge < -0.3 is 10.2 Å². The smallest absolute Gasteiger partial charge is 0.168 e. The minimum atomic E-state index is -0.704. The van der Waals surface area contributed by atoms with Gasteiger partial charge in [0.2, 0.25) is 0 Å². The highest BCUT2D eigenvalue weighted by atomic mass is 127. The van der Waals surface area contributed by atoms with Gasteiger partial charge in [0.05, 0.1) is 5.60 Å². The van der Waals surface area contributed by atoms with Crippen LogP contribution in [-0.4, -0.2) is 15.8 Å². The highest BCUT2D eigenvalue weighted by molar-refractivity contribution is 14.1. The third kappa shape index (κ3) is 2.14. The molecule has 1 aromatic rings. The van der Waals surface area contributed by atoms with E-state index in [-0.39, 0.29) is 11.2 Å². The third-order valence-electron chi connectivity index (χ3n) is 7.38. The predicted octanol–water partition coefficient (Wildman–Crippen LogP) is 5.07. The fourth-order valence-electron chi connectivity index (χ4n) is 6.04. The SMILES string of the molecule is C[C@]12CC[C@@H]3c4ccc(O)c(F)c4CC[C@H]3[C@@H]1CC[C@]2(O)/C=C/I. The van der Waals surface area contributed by atoms with Crippen molar-refractivity contribution in [2.75, 3.05) is 0 Å². The van der Waals surface area contributed by atoms with Crippen molar-refractivity contribution in [3.05, 3.63) is 39.2 Å². The zero-order valence-electron chi connectivity index (χ0n) is 13.9. The first-order valence-electron chi connectivity index (χ1n) is 8.92. The Kier molecular flexibility index (Phi) is 3.99. The van der Waals surface area contributed by atoms with E-state index in [0.717, 1.165) is 43.2 Å². The van der Waals surface area contributed by atoms with Gasteiger partial charge in [-0.25, -0.2) is 4.39 Å². The lowest BCUT2D eigenvalue weighted by Crippen LogP contribution is -2.49. The molecule has 5 atom stereocenters. The average Bonchev–Trinajstić information content (AvgIpc) is 2.82. The molecular weight excluding hydrogens is 418 g/mol. The molecule has 0 saturated heterocycles. The second-order valence-electron chi connectivity index (χ2n) is 8.09. The molecule has 3 aliphatic carbocycles. The van der Waals surface area contributed by atoms with E-state index in [4.69, 9.17) is 0 Å². The molecule has 0 bridgehead atoms. The second kappa shape index (κ2) is 5.70. The number of benzene rings is 1. The van der Waals surface area contributed by atoms with Crippen LogP contribution in [0.3, 0.4) is 0 Å². The highest BCUT2D eigenvalue weighted by Gasteiger charge is 2.60. The maximum Gasteiger partial charge on any atom is 0.168 e. The van der Waals surface area contributed by atoms with E-state index in [0.29, 0.717) is 24.2 Å². The summed E-state index contributed by atoms with van der Waals surface area (Å²) in [5, 5.41) is 20.9. The summed E-state index contributed by atoms with van der Waals surface area (Å²) in [6.07, 6.45) is 7.48. The van der Waals surface area contributed by atoms with Crippen LogP contribution in [0.5, 0.6) is 5.75 Å². The van der Waals surface area contributed by atoms with E-state index < -0.39 is 11.4 Å². The number of aromatic hydroxyl groups is 1. The van der Waals surface area contributed by atoms with Gasteiger partial charge in [0.1, 0.15) is 0 Å². The molecule has 0 aliphatic heterocycles. The quantitative estimate of drug-likeness (QED) is 0.597. The molecule has 3 aliphatic rings. The lowest BCUT2D eigenvalue weighted by Gasteiger charge is -2.52. The molecule has 0 radical (unpaired) electrons. The topological polar surface area (TPSA) is 40.5 Å². The van der Waals surface area contributed by atoms with E-state index in [1.807, 2.05) is 16.2 Å². The monoisotopic (exact) mass is 442 g/mol. The Morgan fingerprint density at radius 3 is 2.79 bits per heavy atom. The van der Waals surface area contributed by atoms with Crippen LogP contribution < -0.4 is 0 Å². The summed E-state index contributed by atoms with van der Waals surface area (Å²) in [6, 6.07) is 3.44. The Labute approximate surface area is 156 Å². The zero-order chi connectivity index (χ0) is 17.1. The van der Waals surface area contributed by atoms with Gasteiger partial charge in [0.25, 0.3) is 0 Å². The van der Waals surface area contributed by atoms with Gasteiger partial charge in [-0.2, -0.15) is 0 Å². The summed E-state index contributed by atoms with van der Waals surface area (Å²) < 4.78 is 16.3. The van der Waals surface area contributed by atoms with Gasteiger partial charge in [-0.15, -0.1) is 0 Å². The number of rotatable bonds is 1. The molecule has 130 valence electrons. The van der Waals surface area contributed by atoms with Crippen molar-refractivity contribution in [1.82, 2.24) is 0 Å². The second-order valence-corrected chi connectivity index (χ2v) is 8.81. The molecule has 0 spiro atoms. The van der Waals surface area contributed by atoms with Gasteiger partial charge in [0.15, 0.2) is 11.6 Å². The van der Waals surface area contributed by atoms with Crippen molar-refractivity contribution in [3.63, 3.8) is 0 Å². The van der Waals surface area contributed by atoms with Crippen LogP contribution in [0.4, 0.5) is 4.39 Å². The molecule has 4 heteroatoms. The first-order chi connectivity index (χ1) is 11.4. The van der Waals surface area contributed by atoms with Gasteiger partial charge in [-0.3, -0.25) is 0 Å². The first kappa shape index (κ1) is 16.8. The van der Waals surface area contributed by atoms with Crippen LogP contribution in [0.15, 0.2) is 22.3 Å². The molecule has 0 heterocycles. The van der Waals surface area contributed by atoms with Crippen molar-refractivity contribution in [1.29, 1.82) is 0 Å². The van der Waals surface area contributed by atoms with E-state index >= 15 is 0 Å². The fourth-order valence-corrected chi connectivity index (χ4v) is 6.64. The van der Waals surface area contributed by atoms with Crippen molar-refractivity contribution in [2.24, 2.45) is 17.3 Å². The lowest BCUT2D eigenvalue weighted by molar-refractivity contribution is -0.0709. The molecule has 2 fully saturated rings. The molecule has 0 unspecified atom stereocenters. The lowest BCUT2D eigenvalue weighted by atomic mass is 9.53. The van der Waals surface area contributed by atoms with Crippen LogP contribution in [0.2, 0.25) is 0 Å². The first-order valence-corrected chi connectivity index (χ1v) is 10.2. The van der Waals surface area contributed by atoms with Crippen molar-refractivity contribution < 1.29 is 14.6 Å². The fraction of sp³-hybridized carbons (Fsp3) is 0.600. The van der Waals surface area contributed by atoms with Crippen LogP contribution in [0.25, 0.3) is 0 Å². The Morgan fingerprint density at radius 2 is 2.04 bits per heavy atom. The van der Waals surface area contributed by atoms with E-state index in [1.54, 1.807) is 0 Å². The summed E-state index contributed by atoms with van der Waals surface area (Å²) in [4.78, 5) is 0. The molecule has 4 rings (SSSR count). The van der Waals surface area contributed by atoms with Crippen LogP contribution >= 0.6 is 22.6 Å². The summed E-state index contributed by atoms with van der Waals surface area (Å²) in [7, 11) is 0. The average molecular weight is 442 g/mol. The van der Waals surface area contributed by atoms with Crippen molar-refractivity contribution in [3.8, 4) is 5.75 Å². The molecular formula is C20H24FIO2. The van der Waals surface area contributed by atoms with Crippen LogP contribution in [0, 0.1) is 23.1 Å². The summed E-state index contributed by atoms with van der Waals surface area (Å²) in [5.41, 5.74) is 1.04. The molecule has 24 heavy (non-hydrogen) atoms. The summed E-state index contributed by atoms with van der Waals surface area (Å²) in [6.45, 7) is 2.25. The molecule has 1 aromatic carbocycles. The number of hydrogen-bond donors (Lipinski definition) is 2. The Balaban J connectivity index is 1.72. The van der Waals surface area contributed by atoms with E-state index in [9.17, 15) is 14.6 Å². The predicted molar refractivity (Wildman–Crippen MR) is 101 cm³/mol. The molecule has 0 aromatic heterocycles. The van der Waals surface area contributed by atoms with Crippen molar-refractivity contribution >= 4 is 22.6 Å². The van der Waals surface area contributed by atoms with Gasteiger partial charge in [-0.1, -0.05) is 35.6 Å². The van der Waals surface area contributed by atoms with E-state index in [2.05, 4.69) is 29.5 Å². The van der Waals surface area contributed by atoms with Crippen LogP contribution in [0.1, 0.15) is 56.1 Å². The van der Waals surface area contributed by atoms with Crippen molar-refractivity contribution in [2.45, 2.75) is 57.0 Å². The number of phenolic OH excluding ortho intramolecular Hbond substituents is 1. The molecule has 2 nitrogen and oxygen atoms in total. The minimum absolute atomic E-state index is 0.0806.